The van der Waals surface area contributed by atoms with Crippen molar-refractivity contribution in [3.8, 4) is 0 Å². The number of hydrogen-bond acceptors (Lipinski definition) is 5. The van der Waals surface area contributed by atoms with Gasteiger partial charge in [-0.15, -0.1) is 0 Å². The van der Waals surface area contributed by atoms with Crippen LogP contribution in [-0.2, 0) is 11.2 Å². The van der Waals surface area contributed by atoms with Crippen LogP contribution in [-0.4, -0.2) is 60.3 Å². The second-order valence-electron chi connectivity index (χ2n) is 6.95. The van der Waals surface area contributed by atoms with Crippen molar-refractivity contribution in [2.75, 3.05) is 39.4 Å². The first-order valence-corrected chi connectivity index (χ1v) is 9.86. The van der Waals surface area contributed by atoms with Gasteiger partial charge in [0.1, 0.15) is 0 Å². The van der Waals surface area contributed by atoms with Crippen LogP contribution in [0.15, 0.2) is 54.9 Å². The number of nitrogens with one attached hydrogen (secondary N) is 1. The molecule has 142 valence electrons. The van der Waals surface area contributed by atoms with Gasteiger partial charge >= 0.3 is 0 Å². The van der Waals surface area contributed by atoms with Crippen LogP contribution >= 0.6 is 11.6 Å². The molecule has 0 radical (unpaired) electrons. The minimum atomic E-state index is 0.200. The predicted molar refractivity (Wildman–Crippen MR) is 108 cm³/mol. The summed E-state index contributed by atoms with van der Waals surface area (Å²) in [6.07, 6.45) is 4.94. The molecule has 4 rings (SSSR count). The second kappa shape index (κ2) is 8.85. The predicted octanol–water partition coefficient (Wildman–Crippen LogP) is 2.84. The van der Waals surface area contributed by atoms with Crippen molar-refractivity contribution in [3.05, 3.63) is 71.1 Å². The Morgan fingerprint density at radius 1 is 1.07 bits per heavy atom. The van der Waals surface area contributed by atoms with Crippen LogP contribution in [0.4, 0.5) is 0 Å². The number of ether oxygens (including phenoxy) is 1. The van der Waals surface area contributed by atoms with Crippen LogP contribution in [0.3, 0.4) is 0 Å². The van der Waals surface area contributed by atoms with Crippen LogP contribution < -0.4 is 5.43 Å². The third-order valence-electron chi connectivity index (χ3n) is 5.07. The number of pyridine rings is 1. The minimum absolute atomic E-state index is 0.200. The van der Waals surface area contributed by atoms with E-state index in [2.05, 4.69) is 44.7 Å². The first kappa shape index (κ1) is 18.4. The van der Waals surface area contributed by atoms with Crippen molar-refractivity contribution < 1.29 is 4.74 Å². The maximum Gasteiger partial charge on any atom is 0.0594 e. The molecule has 1 N–H and O–H groups in total. The van der Waals surface area contributed by atoms with E-state index in [1.807, 2.05) is 30.5 Å². The molecule has 1 unspecified atom stereocenters. The van der Waals surface area contributed by atoms with Gasteiger partial charge in [0.05, 0.1) is 19.3 Å². The molecule has 1 aromatic carbocycles. The quantitative estimate of drug-likeness (QED) is 0.829. The highest BCUT2D eigenvalue weighted by atomic mass is 35.5. The summed E-state index contributed by atoms with van der Waals surface area (Å²) >= 11 is 6.08. The van der Waals surface area contributed by atoms with Gasteiger partial charge in [-0.1, -0.05) is 29.8 Å². The van der Waals surface area contributed by atoms with E-state index in [0.717, 1.165) is 56.5 Å². The lowest BCUT2D eigenvalue weighted by Gasteiger charge is -2.29. The lowest BCUT2D eigenvalue weighted by molar-refractivity contribution is 0.0336. The first-order valence-electron chi connectivity index (χ1n) is 9.48. The Morgan fingerprint density at radius 3 is 2.63 bits per heavy atom. The van der Waals surface area contributed by atoms with E-state index < -0.39 is 0 Å². The maximum atomic E-state index is 6.08. The van der Waals surface area contributed by atoms with Gasteiger partial charge in [0, 0.05) is 55.7 Å². The zero-order chi connectivity index (χ0) is 18.5. The highest BCUT2D eigenvalue weighted by Crippen LogP contribution is 2.27. The summed E-state index contributed by atoms with van der Waals surface area (Å²) in [6.45, 7) is 5.66. The fourth-order valence-electron chi connectivity index (χ4n) is 3.57. The largest absolute Gasteiger partial charge is 0.379 e. The fourth-order valence-corrected chi connectivity index (χ4v) is 3.70. The summed E-state index contributed by atoms with van der Waals surface area (Å²) in [4.78, 5) is 6.95. The molecule has 1 atom stereocenters. The second-order valence-corrected chi connectivity index (χ2v) is 7.38. The Hall–Kier alpha value is -1.92. The van der Waals surface area contributed by atoms with Crippen molar-refractivity contribution in [2.24, 2.45) is 0 Å². The number of morpholine rings is 1. The molecule has 0 spiro atoms. The number of hydrazine groups is 1. The summed E-state index contributed by atoms with van der Waals surface area (Å²) in [6, 6.07) is 14.4. The molecule has 2 aliphatic rings. The van der Waals surface area contributed by atoms with Gasteiger partial charge in [0.15, 0.2) is 0 Å². The van der Waals surface area contributed by atoms with E-state index in [0.29, 0.717) is 0 Å². The van der Waals surface area contributed by atoms with Crippen LogP contribution in [0.1, 0.15) is 11.3 Å². The summed E-state index contributed by atoms with van der Waals surface area (Å²) in [5, 5.41) is 2.98. The van der Waals surface area contributed by atoms with Gasteiger partial charge in [-0.2, -0.15) is 0 Å². The molecule has 6 heteroatoms. The molecule has 0 bridgehead atoms. The fraction of sp³-hybridized carbons (Fsp3) is 0.381. The topological polar surface area (TPSA) is 40.6 Å². The summed E-state index contributed by atoms with van der Waals surface area (Å²) in [5.41, 5.74) is 7.21. The van der Waals surface area contributed by atoms with Crippen LogP contribution in [0.2, 0.25) is 5.02 Å². The molecule has 2 aliphatic heterocycles. The molecule has 2 aromatic rings. The van der Waals surface area contributed by atoms with E-state index in [9.17, 15) is 0 Å². The molecule has 0 saturated carbocycles. The van der Waals surface area contributed by atoms with Gasteiger partial charge in [-0.3, -0.25) is 9.88 Å². The van der Waals surface area contributed by atoms with E-state index >= 15 is 0 Å². The number of hydrogen-bond donors (Lipinski definition) is 1. The van der Waals surface area contributed by atoms with Crippen molar-refractivity contribution >= 4 is 17.2 Å². The molecule has 1 fully saturated rings. The molecule has 0 aliphatic carbocycles. The van der Waals surface area contributed by atoms with Gasteiger partial charge < -0.3 is 9.75 Å². The van der Waals surface area contributed by atoms with Crippen molar-refractivity contribution in [1.29, 1.82) is 0 Å². The van der Waals surface area contributed by atoms with E-state index in [1.165, 1.54) is 11.1 Å². The van der Waals surface area contributed by atoms with Crippen LogP contribution in [0.5, 0.6) is 0 Å². The average Bonchev–Trinajstić information content (AvgIpc) is 3.11. The highest BCUT2D eigenvalue weighted by Gasteiger charge is 2.26. The van der Waals surface area contributed by atoms with Gasteiger partial charge in [-0.05, 0) is 35.4 Å². The third kappa shape index (κ3) is 4.87. The molecular formula is C21H25ClN4O. The Bertz CT molecular complexity index is 760. The molecular weight excluding hydrogens is 360 g/mol. The molecule has 5 nitrogen and oxygen atoms in total. The van der Waals surface area contributed by atoms with Crippen molar-refractivity contribution in [3.63, 3.8) is 0 Å². The van der Waals surface area contributed by atoms with Crippen molar-refractivity contribution in [1.82, 2.24) is 20.3 Å². The normalized spacial score (nSPS) is 20.7. The van der Waals surface area contributed by atoms with E-state index in [1.54, 1.807) is 0 Å². The average molecular weight is 385 g/mol. The number of aromatic nitrogens is 1. The van der Waals surface area contributed by atoms with Crippen LogP contribution in [0, 0.1) is 0 Å². The number of rotatable bonds is 6. The Morgan fingerprint density at radius 2 is 1.89 bits per heavy atom. The van der Waals surface area contributed by atoms with Gasteiger partial charge in [-0.25, -0.2) is 5.43 Å². The monoisotopic (exact) mass is 384 g/mol. The lowest BCUT2D eigenvalue weighted by Crippen LogP contribution is -2.44. The standard InChI is InChI=1S/C21H25ClN4O/c22-18-6-4-17(5-7-18)20-16-26(10-9-25-11-13-27-14-12-25)24-21(20)15-19-3-1-2-8-23-19/h1-8,16,21,24H,9-15H2. The van der Waals surface area contributed by atoms with Crippen LogP contribution in [0.25, 0.3) is 5.57 Å². The van der Waals surface area contributed by atoms with Gasteiger partial charge in [0.25, 0.3) is 0 Å². The summed E-state index contributed by atoms with van der Waals surface area (Å²) in [7, 11) is 0. The number of nitrogens with zero attached hydrogens (tertiary/aromatic N) is 3. The zero-order valence-corrected chi connectivity index (χ0v) is 16.1. The minimum Gasteiger partial charge on any atom is -0.379 e. The maximum absolute atomic E-state index is 6.08. The summed E-state index contributed by atoms with van der Waals surface area (Å²) < 4.78 is 5.44. The smallest absolute Gasteiger partial charge is 0.0594 e. The highest BCUT2D eigenvalue weighted by molar-refractivity contribution is 6.30. The lowest BCUT2D eigenvalue weighted by atomic mass is 9.97. The number of halogens is 1. The Balaban J connectivity index is 1.47. The SMILES string of the molecule is Clc1ccc(C2=CN(CCN3CCOCC3)NC2Cc2ccccn2)cc1. The zero-order valence-electron chi connectivity index (χ0n) is 15.4. The molecule has 27 heavy (non-hydrogen) atoms. The van der Waals surface area contributed by atoms with E-state index in [4.69, 9.17) is 16.3 Å². The van der Waals surface area contributed by atoms with Crippen molar-refractivity contribution in [2.45, 2.75) is 12.5 Å². The molecule has 0 amide bonds. The molecule has 1 aromatic heterocycles. The molecule has 1 saturated heterocycles. The van der Waals surface area contributed by atoms with Gasteiger partial charge in [0.2, 0.25) is 0 Å². The molecule has 3 heterocycles. The van der Waals surface area contributed by atoms with E-state index in [-0.39, 0.29) is 6.04 Å². The Kier molecular flexibility index (Phi) is 6.04. The summed E-state index contributed by atoms with van der Waals surface area (Å²) in [5.74, 6) is 0. The third-order valence-corrected chi connectivity index (χ3v) is 5.32. The number of benzene rings is 1. The Labute approximate surface area is 165 Å². The first-order chi connectivity index (χ1) is 13.3.